The van der Waals surface area contributed by atoms with Crippen molar-refractivity contribution in [1.29, 1.82) is 0 Å². The summed E-state index contributed by atoms with van der Waals surface area (Å²) in [4.78, 5) is 66.8. The lowest BCUT2D eigenvalue weighted by molar-refractivity contribution is 0.0282. The van der Waals surface area contributed by atoms with E-state index in [4.69, 9.17) is 22.1 Å². The minimum absolute atomic E-state index is 0.0128. The molecule has 0 bridgehead atoms. The van der Waals surface area contributed by atoms with E-state index in [0.29, 0.717) is 29.6 Å². The zero-order valence-electron chi connectivity index (χ0n) is 20.1. The lowest BCUT2D eigenvalue weighted by Gasteiger charge is -2.30. The third-order valence-electron chi connectivity index (χ3n) is 7.87. The number of aromatic nitrogens is 1. The van der Waals surface area contributed by atoms with E-state index in [9.17, 15) is 38.3 Å². The Morgan fingerprint density at radius 2 is 1.81 bits per heavy atom. The largest absolute Gasteiger partial charge is 0.429 e. The number of halogens is 1. The molecular formula is C22H28ClN3O9P2. The first kappa shape index (κ1) is 26.8. The van der Waals surface area contributed by atoms with Crippen LogP contribution < -0.4 is 16.1 Å². The van der Waals surface area contributed by atoms with E-state index >= 15 is 0 Å². The fourth-order valence-electron chi connectivity index (χ4n) is 5.14. The van der Waals surface area contributed by atoms with Gasteiger partial charge in [-0.05, 0) is 51.2 Å². The average Bonchev–Trinajstić information content (AvgIpc) is 3.67. The van der Waals surface area contributed by atoms with Gasteiger partial charge < -0.3 is 39.5 Å². The van der Waals surface area contributed by atoms with Gasteiger partial charge in [0.1, 0.15) is 5.56 Å². The van der Waals surface area contributed by atoms with Gasteiger partial charge in [0.25, 0.3) is 0 Å². The van der Waals surface area contributed by atoms with E-state index in [1.165, 1.54) is 6.20 Å². The summed E-state index contributed by atoms with van der Waals surface area (Å²) in [6.45, 7) is 3.59. The molecule has 3 aliphatic rings. The quantitative estimate of drug-likeness (QED) is 0.251. The number of fused-ring (bicyclic) bond motifs is 1. The Kier molecular flexibility index (Phi) is 6.07. The highest BCUT2D eigenvalue weighted by Gasteiger charge is 2.60. The molecule has 12 nitrogen and oxygen atoms in total. The summed E-state index contributed by atoms with van der Waals surface area (Å²) in [7, 11) is -11.3. The molecule has 0 amide bonds. The molecule has 1 atom stereocenters. The van der Waals surface area contributed by atoms with Gasteiger partial charge in [0.05, 0.1) is 16.2 Å². The Morgan fingerprint density at radius 1 is 1.22 bits per heavy atom. The number of nitrogens with two attached hydrogens (primary N) is 1. The van der Waals surface area contributed by atoms with Crippen molar-refractivity contribution in [2.45, 2.75) is 56.7 Å². The zero-order valence-corrected chi connectivity index (χ0v) is 22.7. The number of benzene rings is 1. The second-order valence-electron chi connectivity index (χ2n) is 10.5. The minimum Gasteiger partial charge on any atom is -0.429 e. The van der Waals surface area contributed by atoms with Gasteiger partial charge in [-0.25, -0.2) is 4.79 Å². The van der Waals surface area contributed by atoms with Crippen LogP contribution in [0.3, 0.4) is 0 Å². The molecule has 5 rings (SSSR count). The molecule has 15 heteroatoms. The van der Waals surface area contributed by atoms with E-state index in [2.05, 4.69) is 4.90 Å². The molecule has 202 valence electrons. The van der Waals surface area contributed by atoms with Crippen molar-refractivity contribution < 1.29 is 38.2 Å². The summed E-state index contributed by atoms with van der Waals surface area (Å²) in [5, 5.41) is -3.04. The lowest BCUT2D eigenvalue weighted by atomic mass is 10.0. The fraction of sp³-hybridized carbons (Fsp3) is 0.545. The topological polar surface area (TPSA) is 193 Å². The van der Waals surface area contributed by atoms with E-state index < -0.39 is 37.2 Å². The molecule has 1 spiro atoms. The molecule has 2 aliphatic carbocycles. The highest BCUT2D eigenvalue weighted by Crippen LogP contribution is 2.69. The summed E-state index contributed by atoms with van der Waals surface area (Å²) < 4.78 is 30.1. The Hall–Kier alpha value is -1.75. The molecule has 1 saturated heterocycles. The van der Waals surface area contributed by atoms with E-state index in [-0.39, 0.29) is 22.9 Å². The Labute approximate surface area is 216 Å². The number of carbonyl (C=O) groups excluding carboxylic acids is 1. The first-order valence-electron chi connectivity index (χ1n) is 11.7. The molecule has 1 aromatic heterocycles. The number of nitrogens with zero attached hydrogens (tertiary/aromatic N) is 2. The van der Waals surface area contributed by atoms with Gasteiger partial charge in [-0.15, -0.1) is 0 Å². The second kappa shape index (κ2) is 8.37. The number of ether oxygens (including phenoxy) is 1. The van der Waals surface area contributed by atoms with Gasteiger partial charge in [0.15, 0.2) is 0 Å². The number of hydrogen-bond donors (Lipinski definition) is 5. The maximum absolute atomic E-state index is 13.5. The van der Waals surface area contributed by atoms with Crippen molar-refractivity contribution >= 4 is 49.4 Å². The monoisotopic (exact) mass is 575 g/mol. The molecule has 2 aromatic rings. The molecule has 1 aliphatic heterocycles. The van der Waals surface area contributed by atoms with Crippen LogP contribution in [0.1, 0.15) is 54.6 Å². The molecule has 1 unspecified atom stereocenters. The van der Waals surface area contributed by atoms with Crippen molar-refractivity contribution in [3.05, 3.63) is 38.6 Å². The van der Waals surface area contributed by atoms with Gasteiger partial charge in [-0.3, -0.25) is 13.9 Å². The van der Waals surface area contributed by atoms with Gasteiger partial charge in [0.2, 0.25) is 5.43 Å². The molecule has 2 saturated carbocycles. The van der Waals surface area contributed by atoms with Gasteiger partial charge >= 0.3 is 26.2 Å². The summed E-state index contributed by atoms with van der Waals surface area (Å²) in [6.07, 6.45) is 4.77. The zero-order chi connectivity index (χ0) is 27.3. The fourth-order valence-corrected chi connectivity index (χ4v) is 7.37. The molecular weight excluding hydrogens is 548 g/mol. The molecule has 2 heterocycles. The summed E-state index contributed by atoms with van der Waals surface area (Å²) >= 11 is 6.93. The Balaban J connectivity index is 1.64. The van der Waals surface area contributed by atoms with Gasteiger partial charge in [0, 0.05) is 42.2 Å². The maximum atomic E-state index is 13.5. The van der Waals surface area contributed by atoms with E-state index in [1.807, 2.05) is 0 Å². The van der Waals surface area contributed by atoms with Crippen molar-refractivity contribution in [3.63, 3.8) is 0 Å². The van der Waals surface area contributed by atoms with Crippen LogP contribution >= 0.6 is 26.8 Å². The van der Waals surface area contributed by atoms with E-state index in [1.54, 1.807) is 17.6 Å². The third kappa shape index (κ3) is 4.19. The van der Waals surface area contributed by atoms with E-state index in [0.717, 1.165) is 37.9 Å². The number of aryl methyl sites for hydroxylation is 1. The van der Waals surface area contributed by atoms with Crippen LogP contribution in [0.4, 0.5) is 5.69 Å². The summed E-state index contributed by atoms with van der Waals surface area (Å²) in [5.74, 6) is -1.56. The Morgan fingerprint density at radius 3 is 2.30 bits per heavy atom. The van der Waals surface area contributed by atoms with Crippen LogP contribution in [0.5, 0.6) is 0 Å². The second-order valence-corrected chi connectivity index (χ2v) is 15.1. The molecule has 6 N–H and O–H groups in total. The molecule has 37 heavy (non-hydrogen) atoms. The molecule has 0 radical (unpaired) electrons. The van der Waals surface area contributed by atoms with Crippen LogP contribution in [0, 0.1) is 12.3 Å². The van der Waals surface area contributed by atoms with Gasteiger partial charge in [-0.2, -0.15) is 0 Å². The predicted molar refractivity (Wildman–Crippen MR) is 136 cm³/mol. The molecule has 1 aromatic carbocycles. The smallest absolute Gasteiger partial charge is 0.381 e. The lowest BCUT2D eigenvalue weighted by Crippen LogP contribution is -2.34. The Bertz CT molecular complexity index is 1470. The van der Waals surface area contributed by atoms with Crippen molar-refractivity contribution in [1.82, 2.24) is 4.57 Å². The molecule has 3 fully saturated rings. The normalized spacial score (nSPS) is 21.6. The van der Waals surface area contributed by atoms with Crippen LogP contribution in [0.25, 0.3) is 10.9 Å². The minimum atomic E-state index is -5.66. The number of hydrogen-bond acceptors (Lipinski definition) is 7. The van der Waals surface area contributed by atoms with Crippen LogP contribution in [0.2, 0.25) is 5.02 Å². The number of pyridine rings is 1. The van der Waals surface area contributed by atoms with Crippen LogP contribution in [-0.2, 0) is 13.9 Å². The first-order chi connectivity index (χ1) is 17.0. The van der Waals surface area contributed by atoms with Crippen molar-refractivity contribution in [2.24, 2.45) is 11.1 Å². The average molecular weight is 576 g/mol. The number of carbonyl (C=O) groups is 1. The number of esters is 1. The number of anilines is 1. The third-order valence-corrected chi connectivity index (χ3v) is 12.1. The highest BCUT2D eigenvalue weighted by molar-refractivity contribution is 7.72. The predicted octanol–water partition coefficient (Wildman–Crippen LogP) is 2.41. The first-order valence-corrected chi connectivity index (χ1v) is 15.3. The SMILES string of the molecule is Cc1cc2c(=O)c(C(=O)OC(C)(P(=O)(O)O)P(=O)(O)O)cn(C3CC3)c2c(Cl)c1N1CC(N)C2(CC2)C1. The standard InChI is InChI=1S/C22H28ClN3O9P2/c1-11-7-13-18(16(23)17(11)25-9-15(24)22(10-25)5-6-22)26(12-3-4-12)8-14(19(13)27)20(28)35-21(2,36(29,30)31)37(32,33)34/h7-8,12,15H,3-6,9-10,24H2,1-2H3,(H2,29,30,31)(H2,32,33,34). The van der Waals surface area contributed by atoms with Crippen LogP contribution in [0.15, 0.2) is 17.1 Å². The van der Waals surface area contributed by atoms with Gasteiger partial charge in [-0.1, -0.05) is 11.6 Å². The van der Waals surface area contributed by atoms with Crippen molar-refractivity contribution in [2.75, 3.05) is 18.0 Å². The summed E-state index contributed by atoms with van der Waals surface area (Å²) in [6, 6.07) is 1.52. The summed E-state index contributed by atoms with van der Waals surface area (Å²) in [5.41, 5.74) is 6.87. The maximum Gasteiger partial charge on any atom is 0.381 e. The highest BCUT2D eigenvalue weighted by atomic mass is 35.5. The van der Waals surface area contributed by atoms with Crippen LogP contribution in [-0.4, -0.2) is 54.3 Å². The van der Waals surface area contributed by atoms with Crippen molar-refractivity contribution in [3.8, 4) is 0 Å². The number of rotatable bonds is 6.